The number of nitrogens with one attached hydrogen (secondary N) is 1. The van der Waals surface area contributed by atoms with Gasteiger partial charge in [0.15, 0.2) is 0 Å². The zero-order valence-electron chi connectivity index (χ0n) is 11.3. The molecule has 0 aromatic carbocycles. The van der Waals surface area contributed by atoms with Crippen molar-refractivity contribution in [3.8, 4) is 0 Å². The first-order chi connectivity index (χ1) is 9.07. The lowest BCUT2D eigenvalue weighted by Crippen LogP contribution is -2.60. The number of rotatable bonds is 5. The molecule has 1 aromatic rings. The predicted molar refractivity (Wildman–Crippen MR) is 71.3 cm³/mol. The molecule has 0 saturated heterocycles. The summed E-state index contributed by atoms with van der Waals surface area (Å²) in [6.07, 6.45) is 6.12. The number of nitrogens with zero attached hydrogens (tertiary/aromatic N) is 3. The molecule has 2 aliphatic rings. The maximum absolute atomic E-state index is 11.8. The minimum atomic E-state index is -0.643. The van der Waals surface area contributed by atoms with Gasteiger partial charge in [0.05, 0.1) is 6.54 Å². The van der Waals surface area contributed by atoms with Crippen LogP contribution in [0.3, 0.4) is 0 Å². The van der Waals surface area contributed by atoms with Crippen molar-refractivity contribution >= 4 is 5.91 Å². The van der Waals surface area contributed by atoms with Crippen molar-refractivity contribution in [2.24, 2.45) is 5.73 Å². The second-order valence-corrected chi connectivity index (χ2v) is 5.86. The van der Waals surface area contributed by atoms with Crippen molar-refractivity contribution < 1.29 is 4.79 Å². The Balaban J connectivity index is 1.67. The number of carbonyl (C=O) groups is 1. The Hall–Kier alpha value is -1.40. The van der Waals surface area contributed by atoms with Gasteiger partial charge in [0, 0.05) is 38.1 Å². The molecule has 0 spiro atoms. The van der Waals surface area contributed by atoms with Gasteiger partial charge in [0.2, 0.25) is 5.91 Å². The first-order valence-electron chi connectivity index (χ1n) is 6.87. The number of carbonyl (C=O) groups excluding carboxylic acids is 1. The van der Waals surface area contributed by atoms with E-state index in [9.17, 15) is 4.79 Å². The molecule has 1 aliphatic heterocycles. The molecule has 3 N–H and O–H groups in total. The highest BCUT2D eigenvalue weighted by Gasteiger charge is 2.38. The first-order valence-corrected chi connectivity index (χ1v) is 6.87. The van der Waals surface area contributed by atoms with Crippen molar-refractivity contribution in [3.05, 3.63) is 18.2 Å². The second-order valence-electron chi connectivity index (χ2n) is 5.86. The van der Waals surface area contributed by atoms with Crippen LogP contribution in [-0.4, -0.2) is 45.0 Å². The van der Waals surface area contributed by atoms with Gasteiger partial charge in [-0.25, -0.2) is 4.98 Å². The Kier molecular flexibility index (Phi) is 3.06. The standard InChI is InChI=1S/C13H21N5O/c1-13(12(14)19,16-10-2-3-10)9-17-6-7-18-5-4-15-11(18)8-17/h4-5,10,16H,2-3,6-9H2,1H3,(H2,14,19). The lowest BCUT2D eigenvalue weighted by molar-refractivity contribution is -0.124. The number of imidazole rings is 1. The lowest BCUT2D eigenvalue weighted by Gasteiger charge is -2.36. The van der Waals surface area contributed by atoms with Crippen LogP contribution in [0.1, 0.15) is 25.6 Å². The molecule has 1 amide bonds. The first kappa shape index (κ1) is 12.6. The van der Waals surface area contributed by atoms with Crippen LogP contribution in [0.15, 0.2) is 12.4 Å². The third-order valence-electron chi connectivity index (χ3n) is 4.01. The highest BCUT2D eigenvalue weighted by Crippen LogP contribution is 2.23. The molecule has 1 aliphatic carbocycles. The molecule has 1 atom stereocenters. The van der Waals surface area contributed by atoms with E-state index in [1.165, 1.54) is 0 Å². The van der Waals surface area contributed by atoms with Gasteiger partial charge in [-0.05, 0) is 19.8 Å². The molecule has 1 fully saturated rings. The van der Waals surface area contributed by atoms with Gasteiger partial charge >= 0.3 is 0 Å². The van der Waals surface area contributed by atoms with Gasteiger partial charge < -0.3 is 10.3 Å². The fraction of sp³-hybridized carbons (Fsp3) is 0.692. The Morgan fingerprint density at radius 2 is 2.37 bits per heavy atom. The number of amides is 1. The van der Waals surface area contributed by atoms with E-state index in [0.717, 1.165) is 38.3 Å². The van der Waals surface area contributed by atoms with Gasteiger partial charge in [0.1, 0.15) is 11.4 Å². The number of fused-ring (bicyclic) bond motifs is 1. The van der Waals surface area contributed by atoms with Gasteiger partial charge in [-0.15, -0.1) is 0 Å². The van der Waals surface area contributed by atoms with Crippen LogP contribution in [-0.2, 0) is 17.9 Å². The van der Waals surface area contributed by atoms with E-state index in [1.807, 2.05) is 19.3 Å². The highest BCUT2D eigenvalue weighted by molar-refractivity contribution is 5.84. The highest BCUT2D eigenvalue weighted by atomic mass is 16.1. The fourth-order valence-electron chi connectivity index (χ4n) is 2.68. The summed E-state index contributed by atoms with van der Waals surface area (Å²) in [6.45, 7) is 5.19. The zero-order chi connectivity index (χ0) is 13.5. The summed E-state index contributed by atoms with van der Waals surface area (Å²) in [5.41, 5.74) is 4.95. The second kappa shape index (κ2) is 4.61. The lowest BCUT2D eigenvalue weighted by atomic mass is 10.00. The van der Waals surface area contributed by atoms with E-state index in [4.69, 9.17) is 5.73 Å². The summed E-state index contributed by atoms with van der Waals surface area (Å²) < 4.78 is 2.16. The number of nitrogens with two attached hydrogens (primary N) is 1. The van der Waals surface area contributed by atoms with Gasteiger partial charge in [-0.2, -0.15) is 0 Å². The minimum Gasteiger partial charge on any atom is -0.368 e. The van der Waals surface area contributed by atoms with Crippen LogP contribution in [0.25, 0.3) is 0 Å². The van der Waals surface area contributed by atoms with Crippen molar-refractivity contribution in [3.63, 3.8) is 0 Å². The molecule has 3 rings (SSSR count). The number of aromatic nitrogens is 2. The molecule has 6 heteroatoms. The number of primary amides is 1. The maximum Gasteiger partial charge on any atom is 0.238 e. The summed E-state index contributed by atoms with van der Waals surface area (Å²) in [6, 6.07) is 0.462. The van der Waals surface area contributed by atoms with E-state index in [-0.39, 0.29) is 5.91 Å². The third-order valence-corrected chi connectivity index (χ3v) is 4.01. The molecule has 104 valence electrons. The quantitative estimate of drug-likeness (QED) is 0.764. The van der Waals surface area contributed by atoms with Gasteiger partial charge in [0.25, 0.3) is 0 Å². The monoisotopic (exact) mass is 263 g/mol. The molecule has 0 radical (unpaired) electrons. The van der Waals surface area contributed by atoms with Crippen molar-refractivity contribution in [2.75, 3.05) is 13.1 Å². The summed E-state index contributed by atoms with van der Waals surface area (Å²) in [4.78, 5) is 18.4. The largest absolute Gasteiger partial charge is 0.368 e. The average molecular weight is 263 g/mol. The Bertz CT molecular complexity index is 481. The molecule has 1 saturated carbocycles. The van der Waals surface area contributed by atoms with Crippen LogP contribution >= 0.6 is 0 Å². The molecule has 19 heavy (non-hydrogen) atoms. The minimum absolute atomic E-state index is 0.270. The molecule has 6 nitrogen and oxygen atoms in total. The number of hydrogen-bond acceptors (Lipinski definition) is 4. The van der Waals surface area contributed by atoms with Gasteiger partial charge in [-0.3, -0.25) is 15.0 Å². The molecular weight excluding hydrogens is 242 g/mol. The van der Waals surface area contributed by atoms with Crippen LogP contribution in [0.4, 0.5) is 0 Å². The van der Waals surface area contributed by atoms with Crippen molar-refractivity contribution in [1.82, 2.24) is 19.8 Å². The molecule has 1 unspecified atom stereocenters. The summed E-state index contributed by atoms with van der Waals surface area (Å²) in [5, 5.41) is 3.39. The summed E-state index contributed by atoms with van der Waals surface area (Å²) in [7, 11) is 0. The maximum atomic E-state index is 11.8. The smallest absolute Gasteiger partial charge is 0.238 e. The topological polar surface area (TPSA) is 76.2 Å². The van der Waals surface area contributed by atoms with Gasteiger partial charge in [-0.1, -0.05) is 0 Å². The average Bonchev–Trinajstić information content (AvgIpc) is 3.04. The van der Waals surface area contributed by atoms with E-state index in [2.05, 4.69) is 19.8 Å². The van der Waals surface area contributed by atoms with E-state index >= 15 is 0 Å². The van der Waals surface area contributed by atoms with Crippen LogP contribution < -0.4 is 11.1 Å². The van der Waals surface area contributed by atoms with Crippen LogP contribution in [0, 0.1) is 0 Å². The Morgan fingerprint density at radius 1 is 1.58 bits per heavy atom. The van der Waals surface area contributed by atoms with E-state index in [1.54, 1.807) is 0 Å². The Morgan fingerprint density at radius 3 is 3.05 bits per heavy atom. The van der Waals surface area contributed by atoms with E-state index in [0.29, 0.717) is 12.6 Å². The molecule has 0 bridgehead atoms. The van der Waals surface area contributed by atoms with Crippen LogP contribution in [0.5, 0.6) is 0 Å². The third kappa shape index (κ3) is 2.64. The predicted octanol–water partition coefficient (Wildman–Crippen LogP) is -0.305. The SMILES string of the molecule is CC(CN1CCn2ccnc2C1)(NC1CC1)C(N)=O. The van der Waals surface area contributed by atoms with Crippen LogP contribution in [0.2, 0.25) is 0 Å². The molecule has 1 aromatic heterocycles. The number of hydrogen-bond donors (Lipinski definition) is 2. The van der Waals surface area contributed by atoms with Crippen molar-refractivity contribution in [2.45, 2.75) is 44.4 Å². The van der Waals surface area contributed by atoms with E-state index < -0.39 is 5.54 Å². The van der Waals surface area contributed by atoms with Crippen molar-refractivity contribution in [1.29, 1.82) is 0 Å². The normalized spacial score (nSPS) is 22.8. The molecular formula is C13H21N5O. The molecule has 2 heterocycles. The zero-order valence-corrected chi connectivity index (χ0v) is 11.3. The summed E-state index contributed by atoms with van der Waals surface area (Å²) in [5.74, 6) is 0.790. The summed E-state index contributed by atoms with van der Waals surface area (Å²) >= 11 is 0. The Labute approximate surface area is 113 Å². The fourth-order valence-corrected chi connectivity index (χ4v) is 2.68.